The Balaban J connectivity index is 0.00000441. The Morgan fingerprint density at radius 1 is 1.05 bits per heavy atom. The molecule has 0 amide bonds. The van der Waals surface area contributed by atoms with Crippen LogP contribution in [0, 0.1) is 0 Å². The summed E-state index contributed by atoms with van der Waals surface area (Å²) in [5.74, 6) is -0.410. The summed E-state index contributed by atoms with van der Waals surface area (Å²) in [5.41, 5.74) is 6.71. The Bertz CT molecular complexity index is 636. The standard InChI is InChI=1S/C12H21N3O4S2.ClH/c1-2-20(16,17)14-8-9-21(18,19)15-10-12(13)11-6-4-3-5-7-11;/h3-7,12,14-15H,2,8-10,13H2,1H3;1H. The van der Waals surface area contributed by atoms with Gasteiger partial charge in [0.2, 0.25) is 20.0 Å². The Morgan fingerprint density at radius 2 is 1.64 bits per heavy atom. The average molecular weight is 372 g/mol. The van der Waals surface area contributed by atoms with Crippen LogP contribution in [0.3, 0.4) is 0 Å². The second-order valence-corrected chi connectivity index (χ2v) is 8.50. The molecule has 0 fully saturated rings. The average Bonchev–Trinajstić information content (AvgIpc) is 2.45. The summed E-state index contributed by atoms with van der Waals surface area (Å²) in [4.78, 5) is 0. The summed E-state index contributed by atoms with van der Waals surface area (Å²) in [7, 11) is -6.96. The molecule has 1 atom stereocenters. The van der Waals surface area contributed by atoms with E-state index in [1.807, 2.05) is 30.3 Å². The van der Waals surface area contributed by atoms with Crippen molar-refractivity contribution in [1.82, 2.24) is 9.44 Å². The van der Waals surface area contributed by atoms with Crippen molar-refractivity contribution in [1.29, 1.82) is 0 Å². The van der Waals surface area contributed by atoms with Gasteiger partial charge in [0.15, 0.2) is 0 Å². The van der Waals surface area contributed by atoms with E-state index in [0.29, 0.717) is 0 Å². The zero-order valence-corrected chi connectivity index (χ0v) is 14.7. The van der Waals surface area contributed by atoms with Crippen LogP contribution in [-0.4, -0.2) is 41.4 Å². The van der Waals surface area contributed by atoms with Crippen LogP contribution in [0.5, 0.6) is 0 Å². The molecule has 0 aliphatic carbocycles. The maximum Gasteiger partial charge on any atom is 0.212 e. The van der Waals surface area contributed by atoms with E-state index in [1.165, 1.54) is 6.92 Å². The van der Waals surface area contributed by atoms with E-state index in [-0.39, 0.29) is 37.0 Å². The summed E-state index contributed by atoms with van der Waals surface area (Å²) in [5, 5.41) is 0. The molecule has 0 aliphatic heterocycles. The molecule has 0 aromatic heterocycles. The van der Waals surface area contributed by atoms with E-state index in [1.54, 1.807) is 0 Å². The summed E-state index contributed by atoms with van der Waals surface area (Å²) in [6.45, 7) is 1.38. The van der Waals surface area contributed by atoms with E-state index in [9.17, 15) is 16.8 Å². The maximum absolute atomic E-state index is 11.7. The van der Waals surface area contributed by atoms with E-state index in [4.69, 9.17) is 5.73 Å². The third kappa shape index (κ3) is 8.06. The number of nitrogens with one attached hydrogen (secondary N) is 2. The van der Waals surface area contributed by atoms with E-state index in [0.717, 1.165) is 5.56 Å². The minimum absolute atomic E-state index is 0. The molecule has 10 heteroatoms. The predicted octanol–water partition coefficient (Wildman–Crippen LogP) is -0.0331. The minimum atomic E-state index is -3.57. The highest BCUT2D eigenvalue weighted by Gasteiger charge is 2.14. The molecule has 0 radical (unpaired) electrons. The zero-order chi connectivity index (χ0) is 15.9. The highest BCUT2D eigenvalue weighted by Crippen LogP contribution is 2.08. The molecular formula is C12H22ClN3O4S2. The Hall–Kier alpha value is -0.710. The molecule has 4 N–H and O–H groups in total. The quantitative estimate of drug-likeness (QED) is 0.563. The van der Waals surface area contributed by atoms with Gasteiger partial charge in [-0.25, -0.2) is 26.3 Å². The highest BCUT2D eigenvalue weighted by atomic mass is 35.5. The fourth-order valence-electron chi connectivity index (χ4n) is 1.54. The van der Waals surface area contributed by atoms with Crippen LogP contribution in [0.25, 0.3) is 0 Å². The molecule has 0 aliphatic rings. The second kappa shape index (κ2) is 9.43. The third-order valence-electron chi connectivity index (χ3n) is 2.82. The molecule has 1 aromatic rings. The minimum Gasteiger partial charge on any atom is -0.323 e. The SMILES string of the molecule is CCS(=O)(=O)NCCS(=O)(=O)NCC(N)c1ccccc1.Cl. The van der Waals surface area contributed by atoms with Gasteiger partial charge in [0.1, 0.15) is 0 Å². The van der Waals surface area contributed by atoms with Crippen molar-refractivity contribution in [2.75, 3.05) is 24.6 Å². The lowest BCUT2D eigenvalue weighted by Gasteiger charge is -2.13. The molecular weight excluding hydrogens is 350 g/mol. The number of nitrogens with two attached hydrogens (primary N) is 1. The van der Waals surface area contributed by atoms with Gasteiger partial charge in [-0.3, -0.25) is 0 Å². The van der Waals surface area contributed by atoms with Gasteiger partial charge in [-0.05, 0) is 12.5 Å². The van der Waals surface area contributed by atoms with Gasteiger partial charge in [0.05, 0.1) is 11.5 Å². The molecule has 128 valence electrons. The maximum atomic E-state index is 11.7. The summed E-state index contributed by atoms with van der Waals surface area (Å²) >= 11 is 0. The van der Waals surface area contributed by atoms with Crippen LogP contribution in [-0.2, 0) is 20.0 Å². The molecule has 0 saturated carbocycles. The van der Waals surface area contributed by atoms with Crippen molar-refractivity contribution >= 4 is 32.5 Å². The molecule has 0 bridgehead atoms. The first-order valence-corrected chi connectivity index (χ1v) is 9.81. The molecule has 1 aromatic carbocycles. The number of hydrogen-bond acceptors (Lipinski definition) is 5. The van der Waals surface area contributed by atoms with Crippen molar-refractivity contribution in [2.24, 2.45) is 5.73 Å². The molecule has 0 spiro atoms. The summed E-state index contributed by atoms with van der Waals surface area (Å²) in [6, 6.07) is 8.67. The van der Waals surface area contributed by atoms with Crippen LogP contribution >= 0.6 is 12.4 Å². The molecule has 22 heavy (non-hydrogen) atoms. The van der Waals surface area contributed by atoms with Crippen molar-refractivity contribution in [3.05, 3.63) is 35.9 Å². The van der Waals surface area contributed by atoms with Gasteiger partial charge in [-0.1, -0.05) is 30.3 Å². The lowest BCUT2D eigenvalue weighted by molar-refractivity contribution is 0.568. The lowest BCUT2D eigenvalue weighted by Crippen LogP contribution is -2.37. The van der Waals surface area contributed by atoms with Crippen LogP contribution in [0.15, 0.2) is 30.3 Å². The monoisotopic (exact) mass is 371 g/mol. The number of sulfonamides is 2. The first-order chi connectivity index (χ1) is 9.76. The lowest BCUT2D eigenvalue weighted by atomic mass is 10.1. The van der Waals surface area contributed by atoms with Gasteiger partial charge in [0, 0.05) is 19.1 Å². The summed E-state index contributed by atoms with van der Waals surface area (Å²) in [6.07, 6.45) is 0. The molecule has 1 unspecified atom stereocenters. The van der Waals surface area contributed by atoms with E-state index >= 15 is 0 Å². The first kappa shape index (κ1) is 21.3. The van der Waals surface area contributed by atoms with Gasteiger partial charge in [0.25, 0.3) is 0 Å². The van der Waals surface area contributed by atoms with Crippen LogP contribution in [0.4, 0.5) is 0 Å². The Labute approximate surface area is 138 Å². The van der Waals surface area contributed by atoms with Gasteiger partial charge < -0.3 is 5.73 Å². The normalized spacial score (nSPS) is 13.4. The fraction of sp³-hybridized carbons (Fsp3) is 0.500. The Morgan fingerprint density at radius 3 is 2.18 bits per heavy atom. The number of hydrogen-bond donors (Lipinski definition) is 3. The second-order valence-electron chi connectivity index (χ2n) is 4.48. The zero-order valence-electron chi connectivity index (χ0n) is 12.2. The molecule has 0 heterocycles. The van der Waals surface area contributed by atoms with E-state index < -0.39 is 26.1 Å². The number of rotatable bonds is 9. The summed E-state index contributed by atoms with van der Waals surface area (Å²) < 4.78 is 50.4. The largest absolute Gasteiger partial charge is 0.323 e. The van der Waals surface area contributed by atoms with E-state index in [2.05, 4.69) is 9.44 Å². The van der Waals surface area contributed by atoms with Gasteiger partial charge >= 0.3 is 0 Å². The van der Waals surface area contributed by atoms with Gasteiger partial charge in [-0.15, -0.1) is 12.4 Å². The highest BCUT2D eigenvalue weighted by molar-refractivity contribution is 7.90. The van der Waals surface area contributed by atoms with Crippen molar-refractivity contribution in [2.45, 2.75) is 13.0 Å². The fourth-order valence-corrected chi connectivity index (χ4v) is 3.24. The smallest absolute Gasteiger partial charge is 0.212 e. The van der Waals surface area contributed by atoms with Gasteiger partial charge in [-0.2, -0.15) is 0 Å². The molecule has 0 saturated heterocycles. The van der Waals surface area contributed by atoms with Crippen LogP contribution < -0.4 is 15.2 Å². The first-order valence-electron chi connectivity index (χ1n) is 6.51. The van der Waals surface area contributed by atoms with Crippen molar-refractivity contribution in [3.8, 4) is 0 Å². The number of benzene rings is 1. The third-order valence-corrected chi connectivity index (χ3v) is 5.58. The van der Waals surface area contributed by atoms with Crippen LogP contribution in [0.2, 0.25) is 0 Å². The predicted molar refractivity (Wildman–Crippen MR) is 89.9 cm³/mol. The Kier molecular flexibility index (Phi) is 9.13. The van der Waals surface area contributed by atoms with Crippen molar-refractivity contribution < 1.29 is 16.8 Å². The topological polar surface area (TPSA) is 118 Å². The van der Waals surface area contributed by atoms with Crippen molar-refractivity contribution in [3.63, 3.8) is 0 Å². The molecule has 1 rings (SSSR count). The number of halogens is 1. The van der Waals surface area contributed by atoms with Crippen LogP contribution in [0.1, 0.15) is 18.5 Å². The molecule has 7 nitrogen and oxygen atoms in total.